The molecule has 2 aromatic rings. The van der Waals surface area contributed by atoms with E-state index in [9.17, 15) is 4.79 Å². The van der Waals surface area contributed by atoms with Crippen molar-refractivity contribution in [1.29, 1.82) is 0 Å². The van der Waals surface area contributed by atoms with E-state index in [0.29, 0.717) is 12.5 Å². The maximum Gasteiger partial charge on any atom is 0.226 e. The zero-order valence-electron chi connectivity index (χ0n) is 14.0. The molecule has 24 heavy (non-hydrogen) atoms. The molecule has 3 rings (SSSR count). The van der Waals surface area contributed by atoms with Gasteiger partial charge in [0.05, 0.1) is 17.1 Å². The lowest BCUT2D eigenvalue weighted by Crippen LogP contribution is -2.35. The molecule has 4 nitrogen and oxygen atoms in total. The number of pyridine rings is 1. The van der Waals surface area contributed by atoms with Crippen LogP contribution >= 0.6 is 11.3 Å². The fourth-order valence-corrected chi connectivity index (χ4v) is 4.01. The van der Waals surface area contributed by atoms with E-state index in [1.165, 1.54) is 31.2 Å². The Labute approximate surface area is 147 Å². The first-order valence-electron chi connectivity index (χ1n) is 8.91. The summed E-state index contributed by atoms with van der Waals surface area (Å²) in [5.41, 5.74) is 2.17. The second-order valence-electron chi connectivity index (χ2n) is 6.52. The van der Waals surface area contributed by atoms with Gasteiger partial charge in [0.15, 0.2) is 0 Å². The highest BCUT2D eigenvalue weighted by molar-refractivity contribution is 7.09. The van der Waals surface area contributed by atoms with E-state index in [1.807, 2.05) is 29.9 Å². The summed E-state index contributed by atoms with van der Waals surface area (Å²) in [6, 6.07) is 4.44. The van der Waals surface area contributed by atoms with Gasteiger partial charge in [0.2, 0.25) is 5.91 Å². The largest absolute Gasteiger partial charge is 0.353 e. The van der Waals surface area contributed by atoms with Crippen LogP contribution in [-0.2, 0) is 24.1 Å². The standard InChI is InChI=1S/C19H25N3OS/c23-18(21-16-5-3-1-2-4-6-16)13-17-14-24-19(22-17)8-7-15-9-11-20-12-10-15/h9-12,14,16H,1-8,13H2,(H,21,23). The molecule has 1 aliphatic rings. The molecule has 1 fully saturated rings. The van der Waals surface area contributed by atoms with Crippen LogP contribution in [0.5, 0.6) is 0 Å². The normalized spacial score (nSPS) is 15.8. The van der Waals surface area contributed by atoms with E-state index < -0.39 is 0 Å². The van der Waals surface area contributed by atoms with E-state index in [0.717, 1.165) is 36.4 Å². The van der Waals surface area contributed by atoms with Crippen molar-refractivity contribution in [3.05, 3.63) is 46.2 Å². The highest BCUT2D eigenvalue weighted by atomic mass is 32.1. The number of hydrogen-bond acceptors (Lipinski definition) is 4. The number of aryl methyl sites for hydroxylation is 2. The van der Waals surface area contributed by atoms with Gasteiger partial charge in [-0.05, 0) is 37.0 Å². The van der Waals surface area contributed by atoms with E-state index in [2.05, 4.69) is 15.3 Å². The number of carbonyl (C=O) groups excluding carboxylic acids is 1. The summed E-state index contributed by atoms with van der Waals surface area (Å²) < 4.78 is 0. The molecule has 0 spiro atoms. The Morgan fingerprint density at radius 3 is 2.62 bits per heavy atom. The van der Waals surface area contributed by atoms with Crippen LogP contribution in [0.3, 0.4) is 0 Å². The molecule has 5 heteroatoms. The van der Waals surface area contributed by atoms with Crippen molar-refractivity contribution >= 4 is 17.2 Å². The van der Waals surface area contributed by atoms with Gasteiger partial charge >= 0.3 is 0 Å². The van der Waals surface area contributed by atoms with Crippen molar-refractivity contribution < 1.29 is 4.79 Å². The highest BCUT2D eigenvalue weighted by Crippen LogP contribution is 2.18. The summed E-state index contributed by atoms with van der Waals surface area (Å²) in [5, 5.41) is 6.32. The van der Waals surface area contributed by atoms with Crippen LogP contribution in [0.1, 0.15) is 54.8 Å². The van der Waals surface area contributed by atoms with E-state index in [4.69, 9.17) is 0 Å². The topological polar surface area (TPSA) is 54.9 Å². The van der Waals surface area contributed by atoms with Gasteiger partial charge in [-0.2, -0.15) is 0 Å². The maximum absolute atomic E-state index is 12.2. The van der Waals surface area contributed by atoms with Gasteiger partial charge in [-0.3, -0.25) is 9.78 Å². The first-order chi connectivity index (χ1) is 11.8. The number of rotatable bonds is 6. The SMILES string of the molecule is O=C(Cc1csc(CCc2ccncc2)n1)NC1CCCCCC1. The van der Waals surface area contributed by atoms with Crippen molar-refractivity contribution in [2.75, 3.05) is 0 Å². The van der Waals surface area contributed by atoms with E-state index in [-0.39, 0.29) is 5.91 Å². The van der Waals surface area contributed by atoms with Crippen LogP contribution in [0.4, 0.5) is 0 Å². The fraction of sp³-hybridized carbons (Fsp3) is 0.526. The summed E-state index contributed by atoms with van der Waals surface area (Å²) in [5.74, 6) is 0.118. The van der Waals surface area contributed by atoms with Crippen LogP contribution < -0.4 is 5.32 Å². The number of aromatic nitrogens is 2. The molecule has 0 aromatic carbocycles. The minimum atomic E-state index is 0.118. The van der Waals surface area contributed by atoms with Gasteiger partial charge in [0.25, 0.3) is 0 Å². The smallest absolute Gasteiger partial charge is 0.226 e. The quantitative estimate of drug-likeness (QED) is 0.814. The third kappa shape index (κ3) is 5.41. The minimum absolute atomic E-state index is 0.118. The van der Waals surface area contributed by atoms with E-state index >= 15 is 0 Å². The third-order valence-electron chi connectivity index (χ3n) is 4.54. The number of nitrogens with zero attached hydrogens (tertiary/aromatic N) is 2. The molecular weight excluding hydrogens is 318 g/mol. The Hall–Kier alpha value is -1.75. The number of thiazole rings is 1. The van der Waals surface area contributed by atoms with Gasteiger partial charge in [-0.15, -0.1) is 11.3 Å². The summed E-state index contributed by atoms with van der Waals surface area (Å²) in [6.45, 7) is 0. The van der Waals surface area contributed by atoms with Crippen LogP contribution in [-0.4, -0.2) is 21.9 Å². The number of nitrogens with one attached hydrogen (secondary N) is 1. The van der Waals surface area contributed by atoms with Crippen molar-refractivity contribution in [2.24, 2.45) is 0 Å². The average molecular weight is 343 g/mol. The molecule has 0 saturated heterocycles. The van der Waals surface area contributed by atoms with Gasteiger partial charge in [-0.25, -0.2) is 4.98 Å². The van der Waals surface area contributed by atoms with E-state index in [1.54, 1.807) is 11.3 Å². The van der Waals surface area contributed by atoms with Crippen LogP contribution in [0.25, 0.3) is 0 Å². The van der Waals surface area contributed by atoms with Crippen LogP contribution in [0.2, 0.25) is 0 Å². The molecule has 1 saturated carbocycles. The molecule has 1 amide bonds. The molecule has 0 atom stereocenters. The summed E-state index contributed by atoms with van der Waals surface area (Å²) >= 11 is 1.65. The molecule has 0 unspecified atom stereocenters. The first kappa shape index (κ1) is 17.1. The Kier molecular flexibility index (Phi) is 6.35. The lowest BCUT2D eigenvalue weighted by molar-refractivity contribution is -0.121. The zero-order valence-corrected chi connectivity index (χ0v) is 14.9. The molecule has 1 aliphatic carbocycles. The Balaban J connectivity index is 1.45. The van der Waals surface area contributed by atoms with Crippen LogP contribution in [0.15, 0.2) is 29.9 Å². The molecule has 2 heterocycles. The average Bonchev–Trinajstić information content (AvgIpc) is 2.88. The molecule has 0 radical (unpaired) electrons. The van der Waals surface area contributed by atoms with Crippen molar-refractivity contribution in [2.45, 2.75) is 63.8 Å². The van der Waals surface area contributed by atoms with Gasteiger partial charge in [0.1, 0.15) is 0 Å². The first-order valence-corrected chi connectivity index (χ1v) is 9.79. The van der Waals surface area contributed by atoms with Gasteiger partial charge in [0, 0.05) is 30.2 Å². The fourth-order valence-electron chi connectivity index (χ4n) is 3.21. The lowest BCUT2D eigenvalue weighted by atomic mass is 10.1. The molecular formula is C19H25N3OS. The predicted octanol–water partition coefficient (Wildman–Crippen LogP) is 3.70. The number of carbonyl (C=O) groups is 1. The second kappa shape index (κ2) is 8.92. The van der Waals surface area contributed by atoms with Crippen LogP contribution in [0, 0.1) is 0 Å². The third-order valence-corrected chi connectivity index (χ3v) is 5.50. The predicted molar refractivity (Wildman–Crippen MR) is 97.1 cm³/mol. The van der Waals surface area contributed by atoms with Crippen molar-refractivity contribution in [3.63, 3.8) is 0 Å². The Morgan fingerprint density at radius 1 is 1.12 bits per heavy atom. The van der Waals surface area contributed by atoms with Gasteiger partial charge in [-0.1, -0.05) is 25.7 Å². The number of hydrogen-bond donors (Lipinski definition) is 1. The molecule has 128 valence electrons. The molecule has 2 aromatic heterocycles. The highest BCUT2D eigenvalue weighted by Gasteiger charge is 2.15. The molecule has 0 bridgehead atoms. The summed E-state index contributed by atoms with van der Waals surface area (Å²) in [7, 11) is 0. The second-order valence-corrected chi connectivity index (χ2v) is 7.46. The van der Waals surface area contributed by atoms with Crippen molar-refractivity contribution in [3.8, 4) is 0 Å². The van der Waals surface area contributed by atoms with Gasteiger partial charge < -0.3 is 5.32 Å². The molecule has 0 aliphatic heterocycles. The van der Waals surface area contributed by atoms with Crippen molar-refractivity contribution in [1.82, 2.24) is 15.3 Å². The summed E-state index contributed by atoms with van der Waals surface area (Å²) in [4.78, 5) is 20.9. The summed E-state index contributed by atoms with van der Waals surface area (Å²) in [6.07, 6.45) is 13.3. The monoisotopic (exact) mass is 343 g/mol. The lowest BCUT2D eigenvalue weighted by Gasteiger charge is -2.15. The zero-order chi connectivity index (χ0) is 16.6. The Bertz CT molecular complexity index is 633. The minimum Gasteiger partial charge on any atom is -0.353 e. The number of amides is 1. The Morgan fingerprint density at radius 2 is 1.88 bits per heavy atom. The molecule has 1 N–H and O–H groups in total. The maximum atomic E-state index is 12.2.